The van der Waals surface area contributed by atoms with Crippen molar-refractivity contribution >= 4 is 48.4 Å². The monoisotopic (exact) mass is 259 g/mol. The van der Waals surface area contributed by atoms with E-state index >= 15 is 0 Å². The highest BCUT2D eigenvalue weighted by Gasteiger charge is 2.16. The van der Waals surface area contributed by atoms with Crippen LogP contribution in [0.3, 0.4) is 0 Å². The van der Waals surface area contributed by atoms with Gasteiger partial charge in [0.05, 0.1) is 15.4 Å². The average molecular weight is 259 g/mol. The van der Waals surface area contributed by atoms with Crippen LogP contribution in [0.5, 0.6) is 0 Å². The summed E-state index contributed by atoms with van der Waals surface area (Å²) in [6, 6.07) is 0. The van der Waals surface area contributed by atoms with Gasteiger partial charge in [-0.15, -0.1) is 4.53 Å². The van der Waals surface area contributed by atoms with Gasteiger partial charge >= 0.3 is 39.5 Å². The van der Waals surface area contributed by atoms with Crippen molar-refractivity contribution in [3.8, 4) is 0 Å². The first-order valence-corrected chi connectivity index (χ1v) is 9.18. The summed E-state index contributed by atoms with van der Waals surface area (Å²) < 4.78 is 26.6. The highest BCUT2D eigenvalue weighted by Crippen LogP contribution is 2.07. The van der Waals surface area contributed by atoms with Crippen molar-refractivity contribution in [2.24, 2.45) is 0 Å². The molecule has 0 fully saturated rings. The van der Waals surface area contributed by atoms with E-state index < -0.39 is 10.0 Å². The molecule has 0 aromatic carbocycles. The van der Waals surface area contributed by atoms with E-state index in [9.17, 15) is 4.11 Å². The molecule has 0 aliphatic carbocycles. The lowest BCUT2D eigenvalue weighted by atomic mass is 11.9. The second-order valence-electron chi connectivity index (χ2n) is 1.45. The maximum Gasteiger partial charge on any atom is 0.675 e. The van der Waals surface area contributed by atoms with E-state index in [1.807, 2.05) is 6.55 Å². The van der Waals surface area contributed by atoms with Crippen molar-refractivity contribution in [1.29, 1.82) is 0 Å². The second kappa shape index (κ2) is 12.1. The molecule has 0 saturated carbocycles. The summed E-state index contributed by atoms with van der Waals surface area (Å²) in [5, 5.41) is 2.23. The molecule has 1 N–H and O–H groups in total. The molecule has 66 valence electrons. The molecule has 0 aliphatic heterocycles. The molecule has 0 aliphatic rings. The van der Waals surface area contributed by atoms with Gasteiger partial charge in [0.25, 0.3) is 0 Å². The fourth-order valence-corrected chi connectivity index (χ4v) is 4.20. The standard InChI is InChI=1S/C2H11FNO3PSi4/c1-9-7-12-6-8-2-10-5-4-11-3/h4,8-12H,2H2,1H3/q+4. The molecule has 0 rings (SSSR count). The van der Waals surface area contributed by atoms with Crippen molar-refractivity contribution in [2.45, 2.75) is 6.55 Å². The van der Waals surface area contributed by atoms with Crippen LogP contribution in [0.1, 0.15) is 0 Å². The first-order chi connectivity index (χ1) is 5.91. The normalized spacial score (nSPS) is 10.2. The van der Waals surface area contributed by atoms with Crippen LogP contribution >= 0.6 is 8.81 Å². The van der Waals surface area contributed by atoms with Crippen molar-refractivity contribution < 1.29 is 17.0 Å². The highest BCUT2D eigenvalue weighted by atomic mass is 31.1. The van der Waals surface area contributed by atoms with Crippen LogP contribution in [0.2, 0.25) is 6.55 Å². The molecule has 4 nitrogen and oxygen atoms in total. The summed E-state index contributed by atoms with van der Waals surface area (Å²) in [5.41, 5.74) is 0. The Morgan fingerprint density at radius 1 is 1.58 bits per heavy atom. The van der Waals surface area contributed by atoms with Gasteiger partial charge in [-0.1, -0.05) is 4.12 Å². The Balaban J connectivity index is 2.73. The van der Waals surface area contributed by atoms with Crippen LogP contribution < -0.4 is 5.15 Å². The summed E-state index contributed by atoms with van der Waals surface area (Å²) in [6.07, 6.45) is 0. The number of rotatable bonds is 9. The Hall–Kier alpha value is 1.07. The lowest BCUT2D eigenvalue weighted by molar-refractivity contribution is 0.283. The van der Waals surface area contributed by atoms with Gasteiger partial charge in [0.1, 0.15) is 5.79 Å². The zero-order valence-corrected chi connectivity index (χ0v) is 12.2. The molecule has 0 heterocycles. The van der Waals surface area contributed by atoms with Gasteiger partial charge < -0.3 is 0 Å². The Morgan fingerprint density at radius 2 is 2.42 bits per heavy atom. The fourth-order valence-electron chi connectivity index (χ4n) is 0.315. The summed E-state index contributed by atoms with van der Waals surface area (Å²) in [5.74, 6) is 0.877. The van der Waals surface area contributed by atoms with Crippen LogP contribution in [0.15, 0.2) is 0 Å². The molecule has 10 heteroatoms. The third kappa shape index (κ3) is 11.1. The van der Waals surface area contributed by atoms with E-state index in [1.165, 1.54) is 0 Å². The quantitative estimate of drug-likeness (QED) is 0.177. The summed E-state index contributed by atoms with van der Waals surface area (Å²) in [6.45, 7) is 2.02. The molecule has 12 heavy (non-hydrogen) atoms. The zero-order chi connectivity index (χ0) is 9.07. The Morgan fingerprint density at radius 3 is 3.08 bits per heavy atom. The number of halogens is 1. The molecule has 0 spiro atoms. The van der Waals surface area contributed by atoms with Crippen LogP contribution in [0.4, 0.5) is 4.11 Å². The molecule has 0 saturated heterocycles. The minimum atomic E-state index is -1.24. The molecule has 0 aromatic rings. The first kappa shape index (κ1) is 13.1. The van der Waals surface area contributed by atoms with Crippen LogP contribution in [-0.2, 0) is 12.9 Å². The minimum Gasteiger partial charge on any atom is -0.188 e. The molecule has 0 bridgehead atoms. The zero-order valence-electron chi connectivity index (χ0n) is 6.62. The van der Waals surface area contributed by atoms with Gasteiger partial charge in [0.15, 0.2) is 0 Å². The van der Waals surface area contributed by atoms with Gasteiger partial charge in [-0.05, 0) is 9.25 Å². The third-order valence-corrected chi connectivity index (χ3v) is 5.40. The third-order valence-electron chi connectivity index (χ3n) is 0.686. The fraction of sp³-hybridized carbons (Fsp3) is 1.00. The molecule has 1 unspecified atom stereocenters. The maximum absolute atomic E-state index is 11.5. The van der Waals surface area contributed by atoms with Crippen LogP contribution in [0, 0.1) is 0 Å². The van der Waals surface area contributed by atoms with Gasteiger partial charge in [0, 0.05) is 0 Å². The lowest BCUT2D eigenvalue weighted by Gasteiger charge is -1.81. The smallest absolute Gasteiger partial charge is 0.188 e. The van der Waals surface area contributed by atoms with E-state index in [0.29, 0.717) is 8.81 Å². The van der Waals surface area contributed by atoms with E-state index in [1.54, 1.807) is 0 Å². The van der Waals surface area contributed by atoms with Gasteiger partial charge in [-0.3, -0.25) is 0 Å². The Kier molecular flexibility index (Phi) is 13.1. The van der Waals surface area contributed by atoms with Gasteiger partial charge in [-0.2, -0.15) is 4.21 Å². The topological polar surface area (TPSA) is 39.7 Å². The molecule has 0 aromatic heterocycles. The van der Waals surface area contributed by atoms with Crippen LogP contribution in [0.25, 0.3) is 0 Å². The summed E-state index contributed by atoms with van der Waals surface area (Å²) in [4.78, 5) is 0. The highest BCUT2D eigenvalue weighted by molar-refractivity contribution is 7.36. The minimum absolute atomic E-state index is 0.102. The predicted molar refractivity (Wildman–Crippen MR) is 55.1 cm³/mol. The number of hydrogen-bond acceptors (Lipinski definition) is 4. The average Bonchev–Trinajstić information content (AvgIpc) is 2.10. The Bertz CT molecular complexity index is 84.7. The Labute approximate surface area is 83.2 Å². The molecular formula is C2H11FNO3PSi4+4. The first-order valence-electron chi connectivity index (χ1n) is 3.20. The van der Waals surface area contributed by atoms with Gasteiger partial charge in [-0.25, -0.2) is 0 Å². The largest absolute Gasteiger partial charge is 0.675 e. The van der Waals surface area contributed by atoms with E-state index in [0.717, 1.165) is 5.79 Å². The second-order valence-corrected chi connectivity index (χ2v) is 7.09. The number of hydrogen-bond donors (Lipinski definition) is 1. The predicted octanol–water partition coefficient (Wildman–Crippen LogP) is -1.65. The lowest BCUT2D eigenvalue weighted by Crippen LogP contribution is -2.19. The molecule has 1 atom stereocenters. The molecule has 0 radical (unpaired) electrons. The SMILES string of the molecule is C[SiH+]O[SiH+]OPC[SiH+]ON[SiH+]F. The van der Waals surface area contributed by atoms with E-state index in [4.69, 9.17) is 12.9 Å². The van der Waals surface area contributed by atoms with Crippen molar-refractivity contribution in [3.63, 3.8) is 0 Å². The van der Waals surface area contributed by atoms with Crippen molar-refractivity contribution in [1.82, 2.24) is 5.15 Å². The van der Waals surface area contributed by atoms with Crippen molar-refractivity contribution in [2.75, 3.05) is 5.79 Å². The molecular weight excluding hydrogens is 248 g/mol. The van der Waals surface area contributed by atoms with Gasteiger partial charge in [0.2, 0.25) is 0 Å². The molecule has 0 amide bonds. The maximum atomic E-state index is 11.5. The van der Waals surface area contributed by atoms with Crippen LogP contribution in [-0.4, -0.2) is 45.3 Å². The van der Waals surface area contributed by atoms with E-state index in [2.05, 4.69) is 5.15 Å². The number of nitrogens with one attached hydrogen (secondary N) is 1. The summed E-state index contributed by atoms with van der Waals surface area (Å²) >= 11 is 0. The summed E-state index contributed by atoms with van der Waals surface area (Å²) in [7, 11) is -1.14. The van der Waals surface area contributed by atoms with E-state index in [-0.39, 0.29) is 29.5 Å². The van der Waals surface area contributed by atoms with Crippen molar-refractivity contribution in [3.05, 3.63) is 0 Å².